The lowest BCUT2D eigenvalue weighted by Gasteiger charge is -2.12. The van der Waals surface area contributed by atoms with Crippen LogP contribution in [0.2, 0.25) is 5.02 Å². The summed E-state index contributed by atoms with van der Waals surface area (Å²) in [5.41, 5.74) is 3.51. The van der Waals surface area contributed by atoms with Gasteiger partial charge in [-0.1, -0.05) is 41.9 Å². The number of fused-ring (bicyclic) bond motifs is 1. The zero-order valence-electron chi connectivity index (χ0n) is 10.8. The molecule has 2 nitrogen and oxygen atoms in total. The van der Waals surface area contributed by atoms with Crippen LogP contribution in [-0.2, 0) is 6.42 Å². The van der Waals surface area contributed by atoms with Gasteiger partial charge in [-0.2, -0.15) is 0 Å². The molecule has 0 spiro atoms. The van der Waals surface area contributed by atoms with Gasteiger partial charge < -0.3 is 10.1 Å². The summed E-state index contributed by atoms with van der Waals surface area (Å²) in [5.74, 6) is 1.00. The van der Waals surface area contributed by atoms with Crippen LogP contribution in [0.25, 0.3) is 11.1 Å². The summed E-state index contributed by atoms with van der Waals surface area (Å²) < 4.78 is 6.07. The van der Waals surface area contributed by atoms with E-state index < -0.39 is 0 Å². The van der Waals surface area contributed by atoms with Gasteiger partial charge in [0.15, 0.2) is 0 Å². The van der Waals surface area contributed by atoms with E-state index in [1.165, 1.54) is 5.56 Å². The van der Waals surface area contributed by atoms with Crippen molar-refractivity contribution in [3.63, 3.8) is 0 Å². The largest absolute Gasteiger partial charge is 0.488 e. The van der Waals surface area contributed by atoms with Crippen LogP contribution in [-0.4, -0.2) is 19.7 Å². The number of para-hydroxylation sites is 1. The smallest absolute Gasteiger partial charge is 0.130 e. The van der Waals surface area contributed by atoms with Gasteiger partial charge in [0.05, 0.1) is 0 Å². The van der Waals surface area contributed by atoms with Crippen LogP contribution in [0.3, 0.4) is 0 Å². The molecular weight excluding hydrogens is 258 g/mol. The maximum atomic E-state index is 6.07. The van der Waals surface area contributed by atoms with E-state index >= 15 is 0 Å². The molecule has 3 rings (SSSR count). The molecule has 0 aromatic heterocycles. The molecule has 19 heavy (non-hydrogen) atoms. The van der Waals surface area contributed by atoms with Crippen LogP contribution < -0.4 is 10.1 Å². The number of ether oxygens (including phenoxy) is 1. The van der Waals surface area contributed by atoms with Crippen molar-refractivity contribution in [3.05, 3.63) is 53.1 Å². The van der Waals surface area contributed by atoms with E-state index in [0.717, 1.165) is 34.9 Å². The number of nitrogens with one attached hydrogen (secondary N) is 1. The SMILES string of the molecule is CNC[C@@H]1Cc2cccc(-c3cccc(Cl)c3)c2O1. The van der Waals surface area contributed by atoms with Crippen molar-refractivity contribution < 1.29 is 4.74 Å². The van der Waals surface area contributed by atoms with Crippen LogP contribution in [0.1, 0.15) is 5.56 Å². The summed E-state index contributed by atoms with van der Waals surface area (Å²) in [6.07, 6.45) is 1.19. The molecule has 98 valence electrons. The average Bonchev–Trinajstić information content (AvgIpc) is 2.81. The van der Waals surface area contributed by atoms with E-state index in [-0.39, 0.29) is 6.10 Å². The minimum absolute atomic E-state index is 0.223. The minimum atomic E-state index is 0.223. The van der Waals surface area contributed by atoms with Gasteiger partial charge in [0.1, 0.15) is 11.9 Å². The zero-order chi connectivity index (χ0) is 13.2. The molecule has 2 aromatic rings. The molecule has 2 aromatic carbocycles. The predicted molar refractivity (Wildman–Crippen MR) is 78.9 cm³/mol. The van der Waals surface area contributed by atoms with Crippen LogP contribution in [0.4, 0.5) is 0 Å². The summed E-state index contributed by atoms with van der Waals surface area (Å²) >= 11 is 6.07. The van der Waals surface area contributed by atoms with Gasteiger partial charge in [-0.3, -0.25) is 0 Å². The average molecular weight is 274 g/mol. The number of hydrogen-bond donors (Lipinski definition) is 1. The van der Waals surface area contributed by atoms with Gasteiger partial charge in [0.2, 0.25) is 0 Å². The molecule has 0 aliphatic carbocycles. The first-order valence-electron chi connectivity index (χ1n) is 6.47. The Labute approximate surface area is 118 Å². The summed E-state index contributed by atoms with van der Waals surface area (Å²) in [5, 5.41) is 3.92. The number of benzene rings is 2. The van der Waals surface area contributed by atoms with Crippen LogP contribution in [0.5, 0.6) is 5.75 Å². The molecule has 0 radical (unpaired) electrons. The molecule has 3 heteroatoms. The Morgan fingerprint density at radius 3 is 2.89 bits per heavy atom. The first-order chi connectivity index (χ1) is 9.28. The molecular formula is C16H16ClNO. The molecule has 1 aliphatic rings. The monoisotopic (exact) mass is 273 g/mol. The highest BCUT2D eigenvalue weighted by Crippen LogP contribution is 2.39. The Bertz CT molecular complexity index is 597. The molecule has 1 heterocycles. The lowest BCUT2D eigenvalue weighted by atomic mass is 10.0. The molecule has 0 saturated carbocycles. The number of halogens is 1. The molecule has 1 N–H and O–H groups in total. The fraction of sp³-hybridized carbons (Fsp3) is 0.250. The van der Waals surface area contributed by atoms with E-state index in [4.69, 9.17) is 16.3 Å². The van der Waals surface area contributed by atoms with E-state index in [1.54, 1.807) is 0 Å². The second-order valence-electron chi connectivity index (χ2n) is 4.81. The Morgan fingerprint density at radius 1 is 1.26 bits per heavy atom. The standard InChI is InChI=1S/C16H16ClNO/c1-18-10-14-9-12-5-3-7-15(16(12)19-14)11-4-2-6-13(17)8-11/h2-8,14,18H,9-10H2,1H3/t14-/m0/s1. The predicted octanol–water partition coefficient (Wildman–Crippen LogP) is 3.53. The lowest BCUT2D eigenvalue weighted by Crippen LogP contribution is -2.27. The van der Waals surface area contributed by atoms with Gasteiger partial charge in [-0.25, -0.2) is 0 Å². The summed E-state index contributed by atoms with van der Waals surface area (Å²) in [6, 6.07) is 14.2. The van der Waals surface area contributed by atoms with Crippen molar-refractivity contribution in [2.75, 3.05) is 13.6 Å². The zero-order valence-corrected chi connectivity index (χ0v) is 11.6. The van der Waals surface area contributed by atoms with Crippen molar-refractivity contribution >= 4 is 11.6 Å². The Kier molecular flexibility index (Phi) is 3.45. The van der Waals surface area contributed by atoms with E-state index in [0.29, 0.717) is 0 Å². The van der Waals surface area contributed by atoms with Gasteiger partial charge in [-0.15, -0.1) is 0 Å². The van der Waals surface area contributed by atoms with Gasteiger partial charge >= 0.3 is 0 Å². The Hall–Kier alpha value is -1.51. The summed E-state index contributed by atoms with van der Waals surface area (Å²) in [6.45, 7) is 0.865. The highest BCUT2D eigenvalue weighted by Gasteiger charge is 2.24. The Morgan fingerprint density at radius 2 is 2.11 bits per heavy atom. The quantitative estimate of drug-likeness (QED) is 0.924. The van der Waals surface area contributed by atoms with Crippen molar-refractivity contribution in [3.8, 4) is 16.9 Å². The maximum absolute atomic E-state index is 6.07. The normalized spacial score (nSPS) is 17.1. The second kappa shape index (κ2) is 5.24. The molecule has 0 amide bonds. The van der Waals surface area contributed by atoms with Crippen LogP contribution >= 0.6 is 11.6 Å². The third-order valence-electron chi connectivity index (χ3n) is 3.40. The van der Waals surface area contributed by atoms with E-state index in [1.807, 2.05) is 25.2 Å². The first-order valence-corrected chi connectivity index (χ1v) is 6.85. The molecule has 0 unspecified atom stereocenters. The van der Waals surface area contributed by atoms with Gasteiger partial charge in [0.25, 0.3) is 0 Å². The molecule has 0 fully saturated rings. The van der Waals surface area contributed by atoms with Crippen LogP contribution in [0.15, 0.2) is 42.5 Å². The lowest BCUT2D eigenvalue weighted by molar-refractivity contribution is 0.232. The fourth-order valence-corrected chi connectivity index (χ4v) is 2.75. The van der Waals surface area contributed by atoms with E-state index in [9.17, 15) is 0 Å². The second-order valence-corrected chi connectivity index (χ2v) is 5.24. The first kappa shape index (κ1) is 12.5. The maximum Gasteiger partial charge on any atom is 0.130 e. The van der Waals surface area contributed by atoms with Crippen LogP contribution in [0, 0.1) is 0 Å². The number of rotatable bonds is 3. The third kappa shape index (κ3) is 2.46. The third-order valence-corrected chi connectivity index (χ3v) is 3.63. The topological polar surface area (TPSA) is 21.3 Å². The van der Waals surface area contributed by atoms with Gasteiger partial charge in [-0.05, 0) is 30.3 Å². The van der Waals surface area contributed by atoms with Crippen molar-refractivity contribution in [1.29, 1.82) is 0 Å². The highest BCUT2D eigenvalue weighted by molar-refractivity contribution is 6.30. The fourth-order valence-electron chi connectivity index (χ4n) is 2.56. The van der Waals surface area contributed by atoms with Crippen molar-refractivity contribution in [2.24, 2.45) is 0 Å². The number of hydrogen-bond acceptors (Lipinski definition) is 2. The van der Waals surface area contributed by atoms with Crippen molar-refractivity contribution in [1.82, 2.24) is 5.32 Å². The molecule has 0 bridgehead atoms. The molecule has 1 atom stereocenters. The van der Waals surface area contributed by atoms with E-state index in [2.05, 4.69) is 29.6 Å². The highest BCUT2D eigenvalue weighted by atomic mass is 35.5. The molecule has 1 aliphatic heterocycles. The van der Waals surface area contributed by atoms with Crippen molar-refractivity contribution in [2.45, 2.75) is 12.5 Å². The minimum Gasteiger partial charge on any atom is -0.488 e. The summed E-state index contributed by atoms with van der Waals surface area (Å²) in [4.78, 5) is 0. The molecule has 0 saturated heterocycles. The summed E-state index contributed by atoms with van der Waals surface area (Å²) in [7, 11) is 1.95. The Balaban J connectivity index is 2.00. The number of likely N-dealkylation sites (N-methyl/N-ethyl adjacent to an activating group) is 1. The van der Waals surface area contributed by atoms with Gasteiger partial charge in [0, 0.05) is 23.6 Å².